The number of benzene rings is 1. The second-order valence-electron chi connectivity index (χ2n) is 6.41. The molecule has 0 radical (unpaired) electrons. The third-order valence-corrected chi connectivity index (χ3v) is 4.45. The van der Waals surface area contributed by atoms with Crippen molar-refractivity contribution < 1.29 is 15.0 Å². The summed E-state index contributed by atoms with van der Waals surface area (Å²) in [5.74, 6) is 0.244. The monoisotopic (exact) mass is 369 g/mol. The number of carbonyl (C=O) groups excluding carboxylic acids is 1. The van der Waals surface area contributed by atoms with Crippen LogP contribution in [0.1, 0.15) is 18.2 Å². The standard InChI is InChI=1S/C19H23N5O3/c1-12-17(23-13(2)19(27)20-9-15(26)10-25)18(22-11-21-12)24-8-7-14-5-3-4-6-16(14)24/h3-6,11,15,25-26H,7-10H2,1-2H3,(H,20,27)/b23-13+. The molecule has 0 aliphatic carbocycles. The van der Waals surface area contributed by atoms with Crippen LogP contribution in [0.3, 0.4) is 0 Å². The lowest BCUT2D eigenvalue weighted by Gasteiger charge is -2.20. The van der Waals surface area contributed by atoms with Gasteiger partial charge in [0.05, 0.1) is 18.4 Å². The van der Waals surface area contributed by atoms with Crippen LogP contribution in [-0.2, 0) is 11.2 Å². The van der Waals surface area contributed by atoms with Gasteiger partial charge in [0.1, 0.15) is 17.7 Å². The summed E-state index contributed by atoms with van der Waals surface area (Å²) >= 11 is 0. The van der Waals surface area contributed by atoms with E-state index in [1.165, 1.54) is 11.9 Å². The molecular weight excluding hydrogens is 346 g/mol. The second-order valence-corrected chi connectivity index (χ2v) is 6.41. The number of aryl methyl sites for hydroxylation is 1. The molecule has 0 bridgehead atoms. The van der Waals surface area contributed by atoms with Crippen molar-refractivity contribution in [3.05, 3.63) is 41.9 Å². The van der Waals surface area contributed by atoms with Gasteiger partial charge in [0.2, 0.25) is 0 Å². The fourth-order valence-corrected chi connectivity index (χ4v) is 2.96. The average Bonchev–Trinajstić information content (AvgIpc) is 3.11. The number of para-hydroxylation sites is 1. The van der Waals surface area contributed by atoms with Crippen molar-refractivity contribution in [2.45, 2.75) is 26.4 Å². The highest BCUT2D eigenvalue weighted by atomic mass is 16.3. The molecule has 2 aromatic rings. The van der Waals surface area contributed by atoms with E-state index < -0.39 is 18.6 Å². The Bertz CT molecular complexity index is 868. The number of anilines is 2. The molecule has 27 heavy (non-hydrogen) atoms. The molecule has 0 saturated carbocycles. The number of carbonyl (C=O) groups is 1. The normalized spacial score (nSPS) is 14.8. The number of aliphatic imine (C=N–C) groups is 1. The molecule has 0 saturated heterocycles. The van der Waals surface area contributed by atoms with Crippen LogP contribution in [0.15, 0.2) is 35.6 Å². The van der Waals surface area contributed by atoms with E-state index in [0.717, 1.165) is 18.7 Å². The van der Waals surface area contributed by atoms with Crippen LogP contribution in [0.25, 0.3) is 0 Å². The number of amides is 1. The van der Waals surface area contributed by atoms with E-state index in [1.807, 2.05) is 25.1 Å². The minimum Gasteiger partial charge on any atom is -0.394 e. The summed E-state index contributed by atoms with van der Waals surface area (Å²) in [4.78, 5) is 27.4. The summed E-state index contributed by atoms with van der Waals surface area (Å²) in [6.07, 6.45) is 1.42. The van der Waals surface area contributed by atoms with Crippen LogP contribution < -0.4 is 10.2 Å². The molecule has 1 aliphatic rings. The molecule has 1 amide bonds. The van der Waals surface area contributed by atoms with Crippen molar-refractivity contribution in [1.82, 2.24) is 15.3 Å². The summed E-state index contributed by atoms with van der Waals surface area (Å²) in [6, 6.07) is 8.14. The second kappa shape index (κ2) is 8.24. The first kappa shape index (κ1) is 18.9. The number of aliphatic hydroxyl groups is 2. The van der Waals surface area contributed by atoms with E-state index in [1.54, 1.807) is 6.92 Å². The highest BCUT2D eigenvalue weighted by molar-refractivity contribution is 6.38. The molecule has 1 atom stereocenters. The number of aromatic nitrogens is 2. The fraction of sp³-hybridized carbons (Fsp3) is 0.368. The lowest BCUT2D eigenvalue weighted by Crippen LogP contribution is -2.37. The van der Waals surface area contributed by atoms with E-state index in [-0.39, 0.29) is 12.3 Å². The van der Waals surface area contributed by atoms with Gasteiger partial charge in [0.25, 0.3) is 5.91 Å². The van der Waals surface area contributed by atoms with Crippen molar-refractivity contribution in [2.75, 3.05) is 24.6 Å². The highest BCUT2D eigenvalue weighted by Gasteiger charge is 2.24. The van der Waals surface area contributed by atoms with Gasteiger partial charge in [0, 0.05) is 18.8 Å². The maximum atomic E-state index is 12.2. The van der Waals surface area contributed by atoms with Gasteiger partial charge in [-0.05, 0) is 31.9 Å². The summed E-state index contributed by atoms with van der Waals surface area (Å²) < 4.78 is 0. The molecule has 1 unspecified atom stereocenters. The Morgan fingerprint density at radius 1 is 1.37 bits per heavy atom. The van der Waals surface area contributed by atoms with Crippen molar-refractivity contribution in [3.8, 4) is 0 Å². The minimum atomic E-state index is -1.000. The molecule has 3 N–H and O–H groups in total. The SMILES string of the molecule is C/C(=N\c1c(C)ncnc1N1CCc2ccccc21)C(=O)NCC(O)CO. The van der Waals surface area contributed by atoms with Crippen molar-refractivity contribution in [3.63, 3.8) is 0 Å². The molecule has 0 fully saturated rings. The molecule has 1 aliphatic heterocycles. The van der Waals surface area contributed by atoms with E-state index >= 15 is 0 Å². The van der Waals surface area contributed by atoms with Crippen LogP contribution in [0.4, 0.5) is 17.2 Å². The third-order valence-electron chi connectivity index (χ3n) is 4.45. The van der Waals surface area contributed by atoms with Gasteiger partial charge in [-0.1, -0.05) is 18.2 Å². The molecule has 0 spiro atoms. The van der Waals surface area contributed by atoms with Crippen LogP contribution in [0.5, 0.6) is 0 Å². The van der Waals surface area contributed by atoms with Crippen molar-refractivity contribution in [2.24, 2.45) is 4.99 Å². The Kier molecular flexibility index (Phi) is 5.78. The quantitative estimate of drug-likeness (QED) is 0.656. The summed E-state index contributed by atoms with van der Waals surface area (Å²) in [5, 5.41) is 20.8. The van der Waals surface area contributed by atoms with Gasteiger partial charge in [-0.3, -0.25) is 4.79 Å². The number of hydrogen-bond donors (Lipinski definition) is 3. The first-order valence-electron chi connectivity index (χ1n) is 8.80. The summed E-state index contributed by atoms with van der Waals surface area (Å²) in [6.45, 7) is 3.74. The highest BCUT2D eigenvalue weighted by Crippen LogP contribution is 2.38. The smallest absolute Gasteiger partial charge is 0.265 e. The Morgan fingerprint density at radius 2 is 2.15 bits per heavy atom. The predicted octanol–water partition coefficient (Wildman–Crippen LogP) is 1.04. The van der Waals surface area contributed by atoms with Crippen LogP contribution in [0, 0.1) is 6.92 Å². The van der Waals surface area contributed by atoms with Gasteiger partial charge in [-0.25, -0.2) is 15.0 Å². The van der Waals surface area contributed by atoms with Gasteiger partial charge < -0.3 is 20.4 Å². The molecule has 8 heteroatoms. The van der Waals surface area contributed by atoms with Gasteiger partial charge >= 0.3 is 0 Å². The number of hydrogen-bond acceptors (Lipinski definition) is 7. The van der Waals surface area contributed by atoms with E-state index in [9.17, 15) is 9.90 Å². The zero-order chi connectivity index (χ0) is 19.4. The third kappa shape index (κ3) is 4.12. The molecule has 142 valence electrons. The Hall–Kier alpha value is -2.84. The van der Waals surface area contributed by atoms with E-state index in [4.69, 9.17) is 5.11 Å². The lowest BCUT2D eigenvalue weighted by molar-refractivity contribution is -0.115. The van der Waals surface area contributed by atoms with E-state index in [0.29, 0.717) is 17.2 Å². The molecule has 3 rings (SSSR count). The zero-order valence-corrected chi connectivity index (χ0v) is 15.4. The average molecular weight is 369 g/mol. The van der Waals surface area contributed by atoms with Crippen molar-refractivity contribution >= 4 is 28.8 Å². The Morgan fingerprint density at radius 3 is 2.93 bits per heavy atom. The maximum Gasteiger partial charge on any atom is 0.265 e. The molecule has 1 aromatic carbocycles. The van der Waals surface area contributed by atoms with Gasteiger partial charge in [0.15, 0.2) is 5.82 Å². The number of aliphatic hydroxyl groups excluding tert-OH is 2. The first-order valence-corrected chi connectivity index (χ1v) is 8.80. The number of rotatable bonds is 6. The van der Waals surface area contributed by atoms with E-state index in [2.05, 4.69) is 31.2 Å². The molecule has 1 aromatic heterocycles. The Balaban J connectivity index is 1.90. The topological polar surface area (TPSA) is 111 Å². The number of fused-ring (bicyclic) bond motifs is 1. The van der Waals surface area contributed by atoms with Gasteiger partial charge in [-0.15, -0.1) is 0 Å². The van der Waals surface area contributed by atoms with Crippen LogP contribution in [-0.4, -0.2) is 57.6 Å². The van der Waals surface area contributed by atoms with Crippen molar-refractivity contribution in [1.29, 1.82) is 0 Å². The molecule has 8 nitrogen and oxygen atoms in total. The predicted molar refractivity (Wildman–Crippen MR) is 103 cm³/mol. The lowest BCUT2D eigenvalue weighted by atomic mass is 10.2. The zero-order valence-electron chi connectivity index (χ0n) is 15.4. The fourth-order valence-electron chi connectivity index (χ4n) is 2.96. The largest absolute Gasteiger partial charge is 0.394 e. The van der Waals surface area contributed by atoms with Crippen LogP contribution >= 0.6 is 0 Å². The minimum absolute atomic E-state index is 0.0428. The molecule has 2 heterocycles. The molecular formula is C19H23N5O3. The van der Waals surface area contributed by atoms with Gasteiger partial charge in [-0.2, -0.15) is 0 Å². The number of nitrogens with one attached hydrogen (secondary N) is 1. The van der Waals surface area contributed by atoms with Crippen LogP contribution in [0.2, 0.25) is 0 Å². The Labute approximate surface area is 157 Å². The maximum absolute atomic E-state index is 12.2. The summed E-state index contributed by atoms with van der Waals surface area (Å²) in [5.41, 5.74) is 3.78. The summed E-state index contributed by atoms with van der Waals surface area (Å²) in [7, 11) is 0. The first-order chi connectivity index (χ1) is 13.0. The number of nitrogens with zero attached hydrogens (tertiary/aromatic N) is 4.